The van der Waals surface area contributed by atoms with Gasteiger partial charge in [-0.2, -0.15) is 0 Å². The van der Waals surface area contributed by atoms with E-state index in [1.807, 2.05) is 37.3 Å². The number of rotatable bonds is 9. The summed E-state index contributed by atoms with van der Waals surface area (Å²) >= 11 is 0. The Balaban J connectivity index is 1.45. The van der Waals surface area contributed by atoms with Gasteiger partial charge in [0.1, 0.15) is 24.4 Å². The van der Waals surface area contributed by atoms with E-state index in [2.05, 4.69) is 11.6 Å². The van der Waals surface area contributed by atoms with Crippen molar-refractivity contribution in [2.75, 3.05) is 32.6 Å². The molecule has 9 nitrogen and oxygen atoms in total. The van der Waals surface area contributed by atoms with Crippen LogP contribution in [-0.2, 0) is 30.7 Å². The van der Waals surface area contributed by atoms with Crippen molar-refractivity contribution in [1.82, 2.24) is 9.88 Å². The summed E-state index contributed by atoms with van der Waals surface area (Å²) in [5.74, 6) is -0.691. The molecule has 0 bridgehead atoms. The van der Waals surface area contributed by atoms with Gasteiger partial charge in [-0.15, -0.1) is 0 Å². The van der Waals surface area contributed by atoms with Crippen LogP contribution in [0.15, 0.2) is 72.1 Å². The van der Waals surface area contributed by atoms with Crippen LogP contribution < -0.4 is 4.74 Å². The minimum Gasteiger partial charge on any atom is -0.489 e. The Morgan fingerprint density at radius 1 is 1.14 bits per heavy atom. The number of ether oxygens (including phenoxy) is 3. The average Bonchev–Trinajstić information content (AvgIpc) is 2.87. The van der Waals surface area contributed by atoms with Gasteiger partial charge in [0.15, 0.2) is 9.84 Å². The van der Waals surface area contributed by atoms with Crippen LogP contribution in [0, 0.1) is 12.3 Å². The number of benzene rings is 2. The van der Waals surface area contributed by atoms with Gasteiger partial charge >= 0.3 is 12.1 Å². The van der Waals surface area contributed by atoms with E-state index in [1.165, 1.54) is 30.2 Å². The summed E-state index contributed by atoms with van der Waals surface area (Å²) in [6.45, 7) is 5.47. The van der Waals surface area contributed by atoms with E-state index in [0.29, 0.717) is 12.4 Å². The summed E-state index contributed by atoms with van der Waals surface area (Å²) in [6.07, 6.45) is 0.777. The zero-order valence-electron chi connectivity index (χ0n) is 20.7. The molecule has 194 valence electrons. The number of hydrogen-bond donors (Lipinski definition) is 0. The predicted octanol–water partition coefficient (Wildman–Crippen LogP) is 3.69. The third-order valence-electron chi connectivity index (χ3n) is 6.16. The lowest BCUT2D eigenvalue weighted by Crippen LogP contribution is -2.65. The number of aryl methyl sites for hydroxylation is 1. The summed E-state index contributed by atoms with van der Waals surface area (Å²) in [5, 5.41) is 0.989. The van der Waals surface area contributed by atoms with Crippen molar-refractivity contribution in [2.24, 2.45) is 5.41 Å². The monoisotopic (exact) mass is 524 g/mol. The maximum atomic E-state index is 13.2. The van der Waals surface area contributed by atoms with Gasteiger partial charge in [0.05, 0.1) is 23.3 Å². The minimum atomic E-state index is -3.88. The van der Waals surface area contributed by atoms with Gasteiger partial charge in [0.25, 0.3) is 0 Å². The molecule has 0 unspecified atom stereocenters. The van der Waals surface area contributed by atoms with E-state index in [0.717, 1.165) is 22.2 Å². The molecule has 0 spiro atoms. The van der Waals surface area contributed by atoms with Crippen LogP contribution in [-0.4, -0.2) is 62.9 Å². The number of carbonyl (C=O) groups is 2. The van der Waals surface area contributed by atoms with Crippen molar-refractivity contribution in [1.29, 1.82) is 0 Å². The smallest absolute Gasteiger partial charge is 0.410 e. The molecule has 10 heteroatoms. The first-order chi connectivity index (χ1) is 17.7. The Bertz CT molecular complexity index is 1430. The van der Waals surface area contributed by atoms with Crippen LogP contribution in [0.25, 0.3) is 10.9 Å². The number of esters is 1. The second-order valence-electron chi connectivity index (χ2n) is 8.95. The van der Waals surface area contributed by atoms with Crippen molar-refractivity contribution in [3.8, 4) is 5.75 Å². The van der Waals surface area contributed by atoms with Crippen LogP contribution in [0.3, 0.4) is 0 Å². The molecule has 1 fully saturated rings. The number of likely N-dealkylation sites (tertiary alicyclic amines) is 1. The molecule has 1 amide bonds. The first-order valence-corrected chi connectivity index (χ1v) is 13.2. The second kappa shape index (κ2) is 10.6. The minimum absolute atomic E-state index is 0.0181. The lowest BCUT2D eigenvalue weighted by atomic mass is 9.82. The summed E-state index contributed by atoms with van der Waals surface area (Å²) in [4.78, 5) is 30.4. The normalized spacial score (nSPS) is 14.5. The topological polar surface area (TPSA) is 112 Å². The Kier molecular flexibility index (Phi) is 7.49. The first-order valence-electron chi connectivity index (χ1n) is 11.6. The number of para-hydroxylation sites is 1. The van der Waals surface area contributed by atoms with E-state index >= 15 is 0 Å². The first kappa shape index (κ1) is 26.2. The fraction of sp³-hybridized carbons (Fsp3) is 0.296. The maximum absolute atomic E-state index is 13.2. The second-order valence-corrected chi connectivity index (χ2v) is 10.9. The van der Waals surface area contributed by atoms with E-state index in [4.69, 9.17) is 14.2 Å². The highest BCUT2D eigenvalue weighted by molar-refractivity contribution is 7.91. The number of aromatic nitrogens is 1. The standard InChI is InChI=1S/C27H28N2O7S/c1-4-13-35-26(31)29-16-27(17-29,25(30)34-3)18-37(32,33)22-11-9-21(10-12-22)36-15-20-14-19(2)28-24-8-6-5-7-23(20)24/h4-12,14H,1,13,15-18H2,2-3H3. The lowest BCUT2D eigenvalue weighted by Gasteiger charge is -2.46. The number of pyridine rings is 1. The summed E-state index contributed by atoms with van der Waals surface area (Å²) < 4.78 is 42.1. The van der Waals surface area contributed by atoms with Crippen LogP contribution >= 0.6 is 0 Å². The molecule has 1 aliphatic rings. The third kappa shape index (κ3) is 5.59. The van der Waals surface area contributed by atoms with Crippen molar-refractivity contribution >= 4 is 32.8 Å². The molecule has 0 atom stereocenters. The number of hydrogen-bond acceptors (Lipinski definition) is 8. The molecule has 2 heterocycles. The number of methoxy groups -OCH3 is 1. The van der Waals surface area contributed by atoms with Crippen molar-refractivity contribution in [3.05, 3.63) is 78.5 Å². The van der Waals surface area contributed by atoms with Gasteiger partial charge in [0, 0.05) is 29.7 Å². The van der Waals surface area contributed by atoms with E-state index in [9.17, 15) is 18.0 Å². The van der Waals surface area contributed by atoms with Crippen LogP contribution in [0.1, 0.15) is 11.3 Å². The number of sulfone groups is 1. The Morgan fingerprint density at radius 3 is 2.51 bits per heavy atom. The highest BCUT2D eigenvalue weighted by Crippen LogP contribution is 2.36. The number of nitrogens with zero attached hydrogens (tertiary/aromatic N) is 2. The van der Waals surface area contributed by atoms with E-state index < -0.39 is 33.1 Å². The van der Waals surface area contributed by atoms with Gasteiger partial charge in [-0.3, -0.25) is 9.78 Å². The van der Waals surface area contributed by atoms with Crippen LogP contribution in [0.4, 0.5) is 4.79 Å². The maximum Gasteiger partial charge on any atom is 0.410 e. The molecule has 2 aromatic carbocycles. The SMILES string of the molecule is C=CCOC(=O)N1CC(CS(=O)(=O)c2ccc(OCc3cc(C)nc4ccccc34)cc2)(C(=O)OC)C1. The summed E-state index contributed by atoms with van der Waals surface area (Å²) in [7, 11) is -2.69. The molecular weight excluding hydrogens is 496 g/mol. The predicted molar refractivity (Wildman–Crippen MR) is 137 cm³/mol. The molecule has 0 aliphatic carbocycles. The fourth-order valence-electron chi connectivity index (χ4n) is 4.40. The zero-order valence-corrected chi connectivity index (χ0v) is 21.5. The highest BCUT2D eigenvalue weighted by Gasteiger charge is 2.55. The van der Waals surface area contributed by atoms with Crippen molar-refractivity contribution in [2.45, 2.75) is 18.4 Å². The summed E-state index contributed by atoms with van der Waals surface area (Å²) in [5.41, 5.74) is 1.37. The zero-order chi connectivity index (χ0) is 26.6. The molecule has 1 aliphatic heterocycles. The van der Waals surface area contributed by atoms with Crippen molar-refractivity contribution in [3.63, 3.8) is 0 Å². The lowest BCUT2D eigenvalue weighted by molar-refractivity contribution is -0.160. The van der Waals surface area contributed by atoms with Gasteiger partial charge in [0.2, 0.25) is 0 Å². The molecular formula is C27H28N2O7S. The van der Waals surface area contributed by atoms with Gasteiger partial charge in [-0.05, 0) is 43.3 Å². The van der Waals surface area contributed by atoms with E-state index in [1.54, 1.807) is 12.1 Å². The Hall–Kier alpha value is -3.92. The Morgan fingerprint density at radius 2 is 1.84 bits per heavy atom. The Labute approximate surface area is 215 Å². The molecule has 3 aromatic rings. The highest BCUT2D eigenvalue weighted by atomic mass is 32.2. The van der Waals surface area contributed by atoms with Gasteiger partial charge in [-0.1, -0.05) is 30.9 Å². The van der Waals surface area contributed by atoms with Gasteiger partial charge in [-0.25, -0.2) is 13.2 Å². The number of fused-ring (bicyclic) bond motifs is 1. The largest absolute Gasteiger partial charge is 0.489 e. The van der Waals surface area contributed by atoms with Crippen molar-refractivity contribution < 1.29 is 32.2 Å². The molecule has 1 saturated heterocycles. The van der Waals surface area contributed by atoms with E-state index in [-0.39, 0.29) is 24.6 Å². The molecule has 0 N–H and O–H groups in total. The fourth-order valence-corrected chi connectivity index (χ4v) is 6.14. The molecule has 0 radical (unpaired) electrons. The molecule has 4 rings (SSSR count). The third-order valence-corrected chi connectivity index (χ3v) is 8.08. The quantitative estimate of drug-likeness (QED) is 0.308. The number of carbonyl (C=O) groups excluding carboxylic acids is 2. The van der Waals surface area contributed by atoms with Gasteiger partial charge < -0.3 is 19.1 Å². The summed E-state index contributed by atoms with van der Waals surface area (Å²) in [6, 6.07) is 15.8. The molecule has 37 heavy (non-hydrogen) atoms. The molecule has 1 aromatic heterocycles. The van der Waals surface area contributed by atoms with Crippen LogP contribution in [0.2, 0.25) is 0 Å². The molecule has 0 saturated carbocycles. The number of amides is 1. The average molecular weight is 525 g/mol. The van der Waals surface area contributed by atoms with Crippen LogP contribution in [0.5, 0.6) is 5.75 Å².